The third-order valence-corrected chi connectivity index (χ3v) is 8.91. The highest BCUT2D eigenvalue weighted by atomic mass is 16.4. The Morgan fingerprint density at radius 2 is 0.911 bits per heavy atom. The Morgan fingerprint density at radius 1 is 0.536 bits per heavy atom. The Balaban J connectivity index is 0.000000388. The van der Waals surface area contributed by atoms with Crippen LogP contribution in [0.5, 0.6) is 0 Å². The zero-order valence-electron chi connectivity index (χ0n) is 31.5. The van der Waals surface area contributed by atoms with Crippen LogP contribution >= 0.6 is 0 Å². The van der Waals surface area contributed by atoms with Gasteiger partial charge in [0, 0.05) is 34.9 Å². The summed E-state index contributed by atoms with van der Waals surface area (Å²) in [6, 6.07) is 12.1. The van der Waals surface area contributed by atoms with E-state index in [0.717, 1.165) is 66.9 Å². The molecule has 0 saturated carbocycles. The van der Waals surface area contributed by atoms with E-state index in [2.05, 4.69) is 35.1 Å². The molecular formula is C38H48N6O12. The number of hydrogen-bond donors (Lipinski definition) is 10. The molecule has 0 fully saturated rings. The van der Waals surface area contributed by atoms with E-state index in [-0.39, 0.29) is 12.8 Å². The van der Waals surface area contributed by atoms with E-state index in [1.165, 1.54) is 0 Å². The van der Waals surface area contributed by atoms with Gasteiger partial charge < -0.3 is 50.8 Å². The fourth-order valence-corrected chi connectivity index (χ4v) is 5.70. The number of aliphatic hydroxyl groups is 6. The van der Waals surface area contributed by atoms with Gasteiger partial charge in [0.05, 0.1) is 22.8 Å². The minimum Gasteiger partial charge on any atom is -0.481 e. The molecule has 0 radical (unpaired) electrons. The molecule has 10 N–H and O–H groups in total. The van der Waals surface area contributed by atoms with Crippen molar-refractivity contribution >= 4 is 68.1 Å². The number of carbonyl (C=O) groups excluding carboxylic acids is 2. The van der Waals surface area contributed by atoms with Crippen LogP contribution in [0.2, 0.25) is 0 Å². The first-order chi connectivity index (χ1) is 26.6. The number of hydrogen-bond acceptors (Lipinski definition) is 12. The number of aryl methyl sites for hydroxylation is 2. The van der Waals surface area contributed by atoms with Crippen LogP contribution in [-0.2, 0) is 19.2 Å². The van der Waals surface area contributed by atoms with Crippen molar-refractivity contribution in [3.63, 3.8) is 0 Å². The van der Waals surface area contributed by atoms with Gasteiger partial charge in [-0.25, -0.2) is 9.97 Å². The maximum Gasteiger partial charge on any atom is 0.303 e. The summed E-state index contributed by atoms with van der Waals surface area (Å²) in [6.07, 6.45) is 0.647. The number of allylic oxidation sites excluding steroid dienone is 4. The van der Waals surface area contributed by atoms with Crippen LogP contribution in [0.4, 0.5) is 0 Å². The van der Waals surface area contributed by atoms with Crippen molar-refractivity contribution in [2.24, 2.45) is 0 Å². The largest absolute Gasteiger partial charge is 0.481 e. The highest BCUT2D eigenvalue weighted by Crippen LogP contribution is 2.37. The second kappa shape index (κ2) is 20.8. The average Bonchev–Trinajstić information content (AvgIpc) is 3.86. The molecule has 18 nitrogen and oxygen atoms in total. The van der Waals surface area contributed by atoms with Crippen LogP contribution in [-0.4, -0.2) is 134 Å². The number of nitrogens with one attached hydrogen (secondary N) is 2. The molecule has 0 aliphatic carbocycles. The second-order valence-corrected chi connectivity index (χ2v) is 12.7. The van der Waals surface area contributed by atoms with E-state index in [1.807, 2.05) is 39.0 Å². The fraction of sp³-hybridized carbons (Fsp3) is 0.368. The van der Waals surface area contributed by atoms with Crippen molar-refractivity contribution in [1.29, 1.82) is 0 Å². The molecule has 2 aliphatic heterocycles. The van der Waals surface area contributed by atoms with Crippen molar-refractivity contribution in [1.82, 2.24) is 29.7 Å². The Morgan fingerprint density at radius 3 is 1.27 bits per heavy atom. The lowest BCUT2D eigenvalue weighted by Crippen LogP contribution is -2.34. The Bertz CT molecular complexity index is 2120. The van der Waals surface area contributed by atoms with Gasteiger partial charge in [0.25, 0.3) is 11.8 Å². The van der Waals surface area contributed by atoms with Crippen LogP contribution in [0.25, 0.3) is 44.4 Å². The third-order valence-electron chi connectivity index (χ3n) is 8.91. The van der Waals surface area contributed by atoms with E-state index < -0.39 is 63.9 Å². The molecule has 0 unspecified atom stereocenters. The molecule has 302 valence electrons. The summed E-state index contributed by atoms with van der Waals surface area (Å²) in [6.45, 7) is 4.33. The predicted octanol–water partition coefficient (Wildman–Crippen LogP) is 1.94. The van der Waals surface area contributed by atoms with E-state index >= 15 is 0 Å². The summed E-state index contributed by atoms with van der Waals surface area (Å²) in [7, 11) is 0. The van der Waals surface area contributed by atoms with Crippen molar-refractivity contribution in [3.05, 3.63) is 70.3 Å². The molecule has 0 spiro atoms. The van der Waals surface area contributed by atoms with Crippen molar-refractivity contribution in [2.75, 3.05) is 40.1 Å². The summed E-state index contributed by atoms with van der Waals surface area (Å²) in [5, 5.41) is 68.1. The monoisotopic (exact) mass is 780 g/mol. The summed E-state index contributed by atoms with van der Waals surface area (Å²) in [5.41, 5.74) is 12.4. The van der Waals surface area contributed by atoms with Gasteiger partial charge in [-0.3, -0.25) is 29.0 Å². The van der Waals surface area contributed by atoms with Crippen molar-refractivity contribution in [3.8, 4) is 0 Å². The third kappa shape index (κ3) is 11.6. The van der Waals surface area contributed by atoms with Crippen LogP contribution in [0.3, 0.4) is 0 Å². The highest BCUT2D eigenvalue weighted by Gasteiger charge is 2.22. The summed E-state index contributed by atoms with van der Waals surface area (Å²) in [5.74, 6) is -3.13. The summed E-state index contributed by atoms with van der Waals surface area (Å²) in [4.78, 5) is 61.6. The maximum absolute atomic E-state index is 11.4. The van der Waals surface area contributed by atoms with Gasteiger partial charge in [-0.05, 0) is 110 Å². The standard InChI is InChI=1S/C30H30N4O4.2C4H9NO4/c1-15-9-20-12-25-17(3)21(5-7-29(35)36)27(33-25)14-28-22(6-8-30(37)38)18(4)26(34-28)13-24-16(2)10-19(32-24)11-23(15)31-20;2*6-1-4(9)5(2-7)3-8/h9-14,31-32H,5-8H2,1-4H3,(H,35,36)(H,37,38);2*6-8H,1-3H2. The van der Waals surface area contributed by atoms with Gasteiger partial charge in [0.2, 0.25) is 0 Å². The molecule has 3 aromatic rings. The highest BCUT2D eigenvalue weighted by molar-refractivity contribution is 5.96. The van der Waals surface area contributed by atoms with E-state index in [1.54, 1.807) is 0 Å². The normalized spacial score (nSPS) is 12.0. The lowest BCUT2D eigenvalue weighted by Gasteiger charge is -2.13. The van der Waals surface area contributed by atoms with Gasteiger partial charge in [-0.2, -0.15) is 0 Å². The lowest BCUT2D eigenvalue weighted by molar-refractivity contribution is -0.143. The van der Waals surface area contributed by atoms with Gasteiger partial charge in [-0.1, -0.05) is 0 Å². The van der Waals surface area contributed by atoms with Gasteiger partial charge in [-0.15, -0.1) is 0 Å². The molecular weight excluding hydrogens is 732 g/mol. The molecule has 0 aromatic carbocycles. The fourth-order valence-electron chi connectivity index (χ4n) is 5.70. The number of fused-ring (bicyclic) bond motifs is 8. The van der Waals surface area contributed by atoms with Gasteiger partial charge >= 0.3 is 11.9 Å². The first kappa shape index (κ1) is 44.6. The smallest absolute Gasteiger partial charge is 0.303 e. The molecule has 2 aliphatic rings. The minimum atomic E-state index is -0.873. The average molecular weight is 781 g/mol. The minimum absolute atomic E-state index is 0.0138. The number of aromatic nitrogens is 4. The van der Waals surface area contributed by atoms with Crippen LogP contribution in [0.15, 0.2) is 36.4 Å². The van der Waals surface area contributed by atoms with Crippen LogP contribution < -0.4 is 0 Å². The Hall–Kier alpha value is -5.76. The zero-order valence-corrected chi connectivity index (χ0v) is 31.5. The number of aliphatic hydroxyl groups excluding tert-OH is 6. The number of aliphatic carboxylic acids is 2. The second-order valence-electron chi connectivity index (χ2n) is 12.7. The number of aromatic amines is 2. The van der Waals surface area contributed by atoms with Crippen LogP contribution in [0.1, 0.15) is 73.4 Å². The lowest BCUT2D eigenvalue weighted by atomic mass is 9.98. The zero-order chi connectivity index (χ0) is 41.7. The van der Waals surface area contributed by atoms with E-state index in [4.69, 9.17) is 40.6 Å². The maximum atomic E-state index is 11.4. The quantitative estimate of drug-likeness (QED) is 0.118. The van der Waals surface area contributed by atoms with E-state index in [0.29, 0.717) is 34.0 Å². The molecule has 0 atom stereocenters. The first-order valence-electron chi connectivity index (χ1n) is 17.4. The Kier molecular flexibility index (Phi) is 16.6. The number of nitrogens with zero attached hydrogens (tertiary/aromatic N) is 4. The number of rotatable bonds is 12. The number of carboxylic acids is 2. The topological polar surface area (TPSA) is 294 Å². The number of amides is 2. The number of carboxylic acid groups (broad SMARTS) is 2. The van der Waals surface area contributed by atoms with Gasteiger partial charge in [0.1, 0.15) is 40.1 Å². The molecule has 18 heteroatoms. The SMILES string of the molecule is CC1=C(CCC(=O)O)c2cc3nc(cc4[nH]c(cc4C)cc4[nH]c(cc1n2)cc4C)C(C)=C3CCC(=O)O.O=C(CO)N(CO)CO.O=C(CO)N(CO)CO. The molecule has 0 saturated heterocycles. The molecule has 5 heterocycles. The molecule has 5 rings (SSSR count). The molecule has 3 aromatic heterocycles. The molecule has 8 bridgehead atoms. The van der Waals surface area contributed by atoms with Gasteiger partial charge in [0.15, 0.2) is 0 Å². The predicted molar refractivity (Wildman–Crippen MR) is 205 cm³/mol. The Labute approximate surface area is 321 Å². The van der Waals surface area contributed by atoms with E-state index in [9.17, 15) is 29.4 Å². The van der Waals surface area contributed by atoms with Crippen LogP contribution in [0, 0.1) is 13.8 Å². The number of H-pyrrole nitrogens is 2. The molecule has 2 amide bonds. The molecule has 56 heavy (non-hydrogen) atoms. The summed E-state index contributed by atoms with van der Waals surface area (Å²) >= 11 is 0. The van der Waals surface area contributed by atoms with Crippen molar-refractivity contribution in [2.45, 2.75) is 53.4 Å². The van der Waals surface area contributed by atoms with Crippen molar-refractivity contribution < 1.29 is 60.0 Å². The first-order valence-corrected chi connectivity index (χ1v) is 17.4. The summed E-state index contributed by atoms with van der Waals surface area (Å²) < 4.78 is 0. The number of carbonyl (C=O) groups is 4.